The Balaban J connectivity index is 1.30. The van der Waals surface area contributed by atoms with Gasteiger partial charge in [-0.2, -0.15) is 0 Å². The van der Waals surface area contributed by atoms with Crippen molar-refractivity contribution in [1.82, 2.24) is 4.90 Å². The SMILES string of the molecule is COc1ccc([Si](C)(C)[C@H]2[C@H](CC(=O)N3CCC[C@H]3CO)O[C@@]3(C(=O)N(Cc4cccc(N5CCOC5=O)c4)c4ccc(OC)cc43)[C@@H]2C)cc1. The molecule has 51 heavy (non-hydrogen) atoms. The van der Waals surface area contributed by atoms with Crippen LogP contribution in [-0.4, -0.2) is 88.7 Å². The zero-order valence-electron chi connectivity index (χ0n) is 30.0. The molecule has 0 saturated carbocycles. The standard InChI is InChI=1S/C39H47N3O8Si/c1-25-36(51(4,5)31-14-11-29(47-2)12-15-31)34(22-35(44)40-17-7-10-28(40)24-43)50-39(25)32-21-30(48-3)13-16-33(32)42(37(39)45)23-26-8-6-9-27(20-26)41-18-19-49-38(41)46/h6,8-9,11-16,20-21,25,28,34,36,43H,7,10,17-19,22-24H2,1-5H3/t25-,28+,34+,36-,39+/m1/s1. The van der Waals surface area contributed by atoms with Gasteiger partial charge in [-0.05, 0) is 66.4 Å². The molecule has 0 radical (unpaired) electrons. The number of ether oxygens (including phenoxy) is 4. The average Bonchev–Trinajstić information content (AvgIpc) is 3.91. The Labute approximate surface area is 300 Å². The number of carbonyl (C=O) groups is 3. The lowest BCUT2D eigenvalue weighted by Crippen LogP contribution is -2.52. The zero-order chi connectivity index (χ0) is 36.1. The van der Waals surface area contributed by atoms with Gasteiger partial charge in [-0.25, -0.2) is 4.79 Å². The molecule has 5 atom stereocenters. The van der Waals surface area contributed by atoms with Gasteiger partial charge in [0.1, 0.15) is 18.1 Å². The molecule has 3 amide bonds. The molecule has 1 spiro atoms. The van der Waals surface area contributed by atoms with Crippen molar-refractivity contribution in [2.24, 2.45) is 5.92 Å². The minimum Gasteiger partial charge on any atom is -0.497 e. The number of rotatable bonds is 10. The van der Waals surface area contributed by atoms with Crippen LogP contribution in [0.25, 0.3) is 0 Å². The Bertz CT molecular complexity index is 1820. The van der Waals surface area contributed by atoms with Gasteiger partial charge in [0.15, 0.2) is 5.60 Å². The lowest BCUT2D eigenvalue weighted by atomic mass is 9.82. The van der Waals surface area contributed by atoms with Crippen molar-refractivity contribution in [2.45, 2.75) is 69.1 Å². The predicted molar refractivity (Wildman–Crippen MR) is 195 cm³/mol. The number of cyclic esters (lactones) is 1. The zero-order valence-corrected chi connectivity index (χ0v) is 31.0. The van der Waals surface area contributed by atoms with E-state index in [4.69, 9.17) is 18.9 Å². The summed E-state index contributed by atoms with van der Waals surface area (Å²) < 4.78 is 23.5. The summed E-state index contributed by atoms with van der Waals surface area (Å²) in [5, 5.41) is 11.2. The molecular formula is C39H47N3O8Si. The number of hydrogen-bond donors (Lipinski definition) is 1. The lowest BCUT2D eigenvalue weighted by Gasteiger charge is -2.37. The highest BCUT2D eigenvalue weighted by molar-refractivity contribution is 6.91. The van der Waals surface area contributed by atoms with Gasteiger partial charge in [0.2, 0.25) is 5.91 Å². The van der Waals surface area contributed by atoms with Crippen LogP contribution in [0, 0.1) is 5.92 Å². The first-order valence-corrected chi connectivity index (χ1v) is 20.9. The van der Waals surface area contributed by atoms with Crippen molar-refractivity contribution in [3.63, 3.8) is 0 Å². The number of methoxy groups -OCH3 is 2. The van der Waals surface area contributed by atoms with E-state index in [1.807, 2.05) is 54.6 Å². The quantitative estimate of drug-likeness (QED) is 0.298. The van der Waals surface area contributed by atoms with E-state index in [1.54, 1.807) is 28.9 Å². The minimum absolute atomic E-state index is 0.0595. The first-order valence-electron chi connectivity index (χ1n) is 17.8. The summed E-state index contributed by atoms with van der Waals surface area (Å²) in [6, 6.07) is 21.2. The van der Waals surface area contributed by atoms with Gasteiger partial charge in [0.05, 0.1) is 66.2 Å². The molecule has 4 heterocycles. The largest absolute Gasteiger partial charge is 0.497 e. The molecule has 7 rings (SSSR count). The number of carbonyl (C=O) groups excluding carboxylic acids is 3. The number of aliphatic hydroxyl groups is 1. The number of amides is 3. The normalized spacial score (nSPS) is 25.9. The number of hydrogen-bond acceptors (Lipinski definition) is 8. The van der Waals surface area contributed by atoms with Crippen LogP contribution in [0.2, 0.25) is 18.6 Å². The van der Waals surface area contributed by atoms with Crippen molar-refractivity contribution in [3.05, 3.63) is 77.9 Å². The van der Waals surface area contributed by atoms with E-state index in [-0.39, 0.29) is 55.0 Å². The van der Waals surface area contributed by atoms with Gasteiger partial charge in [0.25, 0.3) is 5.91 Å². The van der Waals surface area contributed by atoms with E-state index in [9.17, 15) is 14.7 Å². The van der Waals surface area contributed by atoms with Crippen LogP contribution in [0.4, 0.5) is 16.2 Å². The van der Waals surface area contributed by atoms with E-state index in [1.165, 1.54) is 5.19 Å². The molecule has 0 bridgehead atoms. The van der Waals surface area contributed by atoms with Crippen molar-refractivity contribution >= 4 is 42.5 Å². The second-order valence-electron chi connectivity index (χ2n) is 14.6. The van der Waals surface area contributed by atoms with Crippen molar-refractivity contribution < 1.29 is 38.4 Å². The maximum atomic E-state index is 15.2. The molecule has 11 nitrogen and oxygen atoms in total. The molecule has 3 saturated heterocycles. The Hall–Kier alpha value is -4.39. The first-order chi connectivity index (χ1) is 24.5. The third-order valence-electron chi connectivity index (χ3n) is 11.7. The summed E-state index contributed by atoms with van der Waals surface area (Å²) in [6.07, 6.45) is 0.788. The van der Waals surface area contributed by atoms with Gasteiger partial charge in [-0.1, -0.05) is 49.5 Å². The Morgan fingerprint density at radius 3 is 2.43 bits per heavy atom. The van der Waals surface area contributed by atoms with Crippen LogP contribution in [0.3, 0.4) is 0 Å². The molecule has 3 aromatic rings. The summed E-state index contributed by atoms with van der Waals surface area (Å²) >= 11 is 0. The topological polar surface area (TPSA) is 118 Å². The average molecular weight is 714 g/mol. The van der Waals surface area contributed by atoms with E-state index in [2.05, 4.69) is 32.2 Å². The maximum absolute atomic E-state index is 15.2. The van der Waals surface area contributed by atoms with Crippen molar-refractivity contribution in [1.29, 1.82) is 0 Å². The molecule has 0 unspecified atom stereocenters. The molecule has 0 aliphatic carbocycles. The molecule has 270 valence electrons. The lowest BCUT2D eigenvalue weighted by molar-refractivity contribution is -0.150. The molecule has 4 aliphatic rings. The molecule has 1 N–H and O–H groups in total. The number of benzene rings is 3. The Morgan fingerprint density at radius 1 is 1.00 bits per heavy atom. The van der Waals surface area contributed by atoms with Crippen LogP contribution in [0.15, 0.2) is 66.7 Å². The van der Waals surface area contributed by atoms with Gasteiger partial charge in [-0.15, -0.1) is 0 Å². The summed E-state index contributed by atoms with van der Waals surface area (Å²) in [4.78, 5) is 46.8. The summed E-state index contributed by atoms with van der Waals surface area (Å²) in [7, 11) is 0.768. The fraction of sp³-hybridized carbons (Fsp3) is 0.462. The van der Waals surface area contributed by atoms with E-state index in [0.29, 0.717) is 31.1 Å². The number of aliphatic hydroxyl groups excluding tert-OH is 1. The fourth-order valence-corrected chi connectivity index (χ4v) is 13.1. The third-order valence-corrected chi connectivity index (χ3v) is 16.0. The molecule has 12 heteroatoms. The molecule has 3 aromatic carbocycles. The molecule has 0 aromatic heterocycles. The van der Waals surface area contributed by atoms with Crippen LogP contribution in [0.1, 0.15) is 37.3 Å². The van der Waals surface area contributed by atoms with Gasteiger partial charge >= 0.3 is 6.09 Å². The smallest absolute Gasteiger partial charge is 0.414 e. The minimum atomic E-state index is -2.48. The molecule has 3 fully saturated rings. The number of likely N-dealkylation sites (tertiary alicyclic amines) is 1. The van der Waals surface area contributed by atoms with E-state index in [0.717, 1.165) is 35.4 Å². The molecule has 4 aliphatic heterocycles. The second kappa shape index (κ2) is 13.6. The van der Waals surface area contributed by atoms with Gasteiger partial charge in [0, 0.05) is 23.7 Å². The van der Waals surface area contributed by atoms with Gasteiger partial charge in [-0.3, -0.25) is 14.5 Å². The van der Waals surface area contributed by atoms with Crippen molar-refractivity contribution in [3.8, 4) is 11.5 Å². The fourth-order valence-electron chi connectivity index (χ4n) is 9.05. The van der Waals surface area contributed by atoms with E-state index < -0.39 is 19.8 Å². The van der Waals surface area contributed by atoms with Crippen LogP contribution >= 0.6 is 0 Å². The molecular weight excluding hydrogens is 667 g/mol. The number of fused-ring (bicyclic) bond motifs is 2. The third kappa shape index (κ3) is 5.86. The number of anilines is 2. The summed E-state index contributed by atoms with van der Waals surface area (Å²) in [5.41, 5.74) is 1.53. The second-order valence-corrected chi connectivity index (χ2v) is 19.3. The predicted octanol–water partition coefficient (Wildman–Crippen LogP) is 4.80. The summed E-state index contributed by atoms with van der Waals surface area (Å²) in [5.74, 6) is 0.827. The van der Waals surface area contributed by atoms with E-state index >= 15 is 4.79 Å². The highest BCUT2D eigenvalue weighted by atomic mass is 28.3. The summed E-state index contributed by atoms with van der Waals surface area (Å²) in [6.45, 7) is 8.27. The van der Waals surface area contributed by atoms with Crippen LogP contribution in [-0.2, 0) is 31.2 Å². The Morgan fingerprint density at radius 2 is 1.75 bits per heavy atom. The maximum Gasteiger partial charge on any atom is 0.414 e. The highest BCUT2D eigenvalue weighted by Gasteiger charge is 2.66. The highest BCUT2D eigenvalue weighted by Crippen LogP contribution is 2.60. The van der Waals surface area contributed by atoms with Crippen LogP contribution in [0.5, 0.6) is 11.5 Å². The van der Waals surface area contributed by atoms with Crippen molar-refractivity contribution in [2.75, 3.05) is 50.3 Å². The number of nitrogens with zero attached hydrogens (tertiary/aromatic N) is 3. The van der Waals surface area contributed by atoms with Gasteiger partial charge < -0.3 is 33.9 Å². The first kappa shape index (κ1) is 35.0. The monoisotopic (exact) mass is 713 g/mol. The van der Waals surface area contributed by atoms with Crippen LogP contribution < -0.4 is 24.5 Å². The Kier molecular flexibility index (Phi) is 9.36.